The Morgan fingerprint density at radius 2 is 1.80 bits per heavy atom. The van der Waals surface area contributed by atoms with Crippen LogP contribution in [0.4, 0.5) is 5.82 Å². The third-order valence-electron chi connectivity index (χ3n) is 10.4. The molecule has 41 heavy (non-hydrogen) atoms. The largest absolute Gasteiger partial charge is 0.461 e. The highest BCUT2D eigenvalue weighted by atomic mass is 16.5. The minimum absolute atomic E-state index is 0.0198. The Balaban J connectivity index is 1.27. The topological polar surface area (TPSA) is 74.6 Å². The second-order valence-corrected chi connectivity index (χ2v) is 12.7. The maximum atomic E-state index is 9.98. The van der Waals surface area contributed by atoms with Crippen molar-refractivity contribution in [1.29, 1.82) is 0 Å². The molecule has 212 valence electrons. The fourth-order valence-electron chi connectivity index (χ4n) is 8.37. The number of pyridine rings is 1. The van der Waals surface area contributed by atoms with Crippen molar-refractivity contribution in [3.63, 3.8) is 0 Å². The molecule has 8 rings (SSSR count). The fraction of sp³-hybridized carbons (Fsp3) is 0.500. The smallest absolute Gasteiger partial charge is 0.319 e. The lowest BCUT2D eigenvalue weighted by Crippen LogP contribution is -2.47. The molecule has 4 aliphatic rings. The third-order valence-corrected chi connectivity index (χ3v) is 10.4. The van der Waals surface area contributed by atoms with Crippen molar-refractivity contribution in [2.75, 3.05) is 37.7 Å². The Morgan fingerprint density at radius 1 is 0.976 bits per heavy atom. The van der Waals surface area contributed by atoms with Crippen LogP contribution in [0.1, 0.15) is 75.3 Å². The first-order valence-electron chi connectivity index (χ1n) is 15.6. The van der Waals surface area contributed by atoms with Crippen molar-refractivity contribution < 1.29 is 9.84 Å². The Morgan fingerprint density at radius 3 is 2.63 bits per heavy atom. The van der Waals surface area contributed by atoms with E-state index in [1.54, 1.807) is 0 Å². The van der Waals surface area contributed by atoms with Crippen LogP contribution in [0.15, 0.2) is 42.6 Å². The molecule has 3 aliphatic heterocycles. The summed E-state index contributed by atoms with van der Waals surface area (Å²) in [5.41, 5.74) is 5.68. The number of rotatable bonds is 5. The van der Waals surface area contributed by atoms with E-state index >= 15 is 0 Å². The van der Waals surface area contributed by atoms with Gasteiger partial charge < -0.3 is 14.7 Å². The third kappa shape index (κ3) is 3.96. The number of aromatic nitrogens is 3. The molecule has 0 amide bonds. The number of ether oxygens (including phenoxy) is 1. The number of benzene rings is 2. The Labute approximate surface area is 241 Å². The van der Waals surface area contributed by atoms with Crippen molar-refractivity contribution in [3.05, 3.63) is 53.7 Å². The summed E-state index contributed by atoms with van der Waals surface area (Å²) in [5.74, 6) is 1.12. The molecule has 7 nitrogen and oxygen atoms in total. The van der Waals surface area contributed by atoms with Crippen LogP contribution in [-0.2, 0) is 0 Å². The van der Waals surface area contributed by atoms with Crippen LogP contribution in [0.5, 0.6) is 6.01 Å². The summed E-state index contributed by atoms with van der Waals surface area (Å²) < 4.78 is 6.62. The number of anilines is 1. The van der Waals surface area contributed by atoms with Gasteiger partial charge >= 0.3 is 6.01 Å². The molecule has 3 atom stereocenters. The van der Waals surface area contributed by atoms with Gasteiger partial charge in [0.2, 0.25) is 0 Å². The van der Waals surface area contributed by atoms with Crippen LogP contribution in [0, 0.1) is 0 Å². The number of aliphatic hydroxyl groups is 1. The van der Waals surface area contributed by atoms with Crippen LogP contribution in [0.3, 0.4) is 0 Å². The molecule has 0 spiro atoms. The van der Waals surface area contributed by atoms with Crippen molar-refractivity contribution >= 4 is 27.5 Å². The molecule has 4 aromatic rings. The first kappa shape index (κ1) is 25.4. The standard InChI is InChI=1S/C34H39N5O2/c1-22-25-11-6-9-23-10-7-12-26(29(23)25)30-28(22)31-27(19-35-30)32(38-16-4-2-3-5-17-38)37-33(36-31)41-21-34-14-8-18-39(34)24(20-40)13-15-34/h6-7,9-12,19,22,24,40H,2-5,8,13-18,20-21H2,1H3/t22?,24-,34+/m1/s1. The summed E-state index contributed by atoms with van der Waals surface area (Å²) in [7, 11) is 0. The van der Waals surface area contributed by atoms with Gasteiger partial charge in [0.1, 0.15) is 12.4 Å². The molecule has 0 bridgehead atoms. The second kappa shape index (κ2) is 9.92. The van der Waals surface area contributed by atoms with E-state index in [-0.39, 0.29) is 24.1 Å². The van der Waals surface area contributed by atoms with Crippen molar-refractivity contribution in [3.8, 4) is 17.3 Å². The molecule has 5 heterocycles. The summed E-state index contributed by atoms with van der Waals surface area (Å²) in [4.78, 5) is 20.4. The van der Waals surface area contributed by atoms with Gasteiger partial charge in [0.15, 0.2) is 0 Å². The van der Waals surface area contributed by atoms with Crippen LogP contribution >= 0.6 is 0 Å². The maximum Gasteiger partial charge on any atom is 0.319 e. The van der Waals surface area contributed by atoms with Crippen LogP contribution in [-0.4, -0.2) is 69.4 Å². The van der Waals surface area contributed by atoms with E-state index in [1.165, 1.54) is 53.1 Å². The Kier molecular flexibility index (Phi) is 6.15. The molecular formula is C34H39N5O2. The Bertz CT molecular complexity index is 1630. The fourth-order valence-corrected chi connectivity index (χ4v) is 8.37. The van der Waals surface area contributed by atoms with Gasteiger partial charge in [-0.3, -0.25) is 9.88 Å². The number of hydrogen-bond donors (Lipinski definition) is 1. The predicted octanol–water partition coefficient (Wildman–Crippen LogP) is 6.06. The molecule has 1 unspecified atom stereocenters. The zero-order chi connectivity index (χ0) is 27.6. The average molecular weight is 550 g/mol. The van der Waals surface area contributed by atoms with E-state index in [2.05, 4.69) is 53.1 Å². The van der Waals surface area contributed by atoms with Gasteiger partial charge in [0.25, 0.3) is 0 Å². The van der Waals surface area contributed by atoms with E-state index in [4.69, 9.17) is 19.7 Å². The highest BCUT2D eigenvalue weighted by molar-refractivity contribution is 6.05. The van der Waals surface area contributed by atoms with Crippen LogP contribution in [0.2, 0.25) is 0 Å². The Hall–Kier alpha value is -3.29. The SMILES string of the molecule is CC1c2c(ncc3c(N4CCCCCC4)nc(OC[C@@]45CCCN4[C@@H](CO)CC5)nc23)-c2cccc3cccc1c23. The molecule has 0 radical (unpaired) electrons. The van der Waals surface area contributed by atoms with E-state index in [1.807, 2.05) is 6.20 Å². The van der Waals surface area contributed by atoms with Gasteiger partial charge in [-0.2, -0.15) is 9.97 Å². The number of fused-ring (bicyclic) bond motifs is 5. The molecular weight excluding hydrogens is 510 g/mol. The summed E-state index contributed by atoms with van der Waals surface area (Å²) in [6.45, 7) is 6.11. The lowest BCUT2D eigenvalue weighted by Gasteiger charge is -2.34. The first-order valence-corrected chi connectivity index (χ1v) is 15.6. The summed E-state index contributed by atoms with van der Waals surface area (Å²) in [6, 6.07) is 13.9. The quantitative estimate of drug-likeness (QED) is 0.324. The van der Waals surface area contributed by atoms with Crippen LogP contribution in [0.25, 0.3) is 32.9 Å². The molecule has 3 fully saturated rings. The number of nitrogens with zero attached hydrogens (tertiary/aromatic N) is 5. The lowest BCUT2D eigenvalue weighted by molar-refractivity contribution is 0.0644. The molecule has 1 aliphatic carbocycles. The van der Waals surface area contributed by atoms with Crippen LogP contribution < -0.4 is 9.64 Å². The number of aliphatic hydroxyl groups excluding tert-OH is 1. The minimum Gasteiger partial charge on any atom is -0.461 e. The van der Waals surface area contributed by atoms with E-state index in [9.17, 15) is 5.11 Å². The van der Waals surface area contributed by atoms with Gasteiger partial charge in [0.05, 0.1) is 28.7 Å². The highest BCUT2D eigenvalue weighted by Crippen LogP contribution is 2.48. The van der Waals surface area contributed by atoms with Gasteiger partial charge in [-0.15, -0.1) is 0 Å². The maximum absolute atomic E-state index is 9.98. The van der Waals surface area contributed by atoms with Gasteiger partial charge in [-0.1, -0.05) is 56.2 Å². The monoisotopic (exact) mass is 549 g/mol. The van der Waals surface area contributed by atoms with Crippen molar-refractivity contribution in [2.24, 2.45) is 0 Å². The summed E-state index contributed by atoms with van der Waals surface area (Å²) >= 11 is 0. The van der Waals surface area contributed by atoms with Gasteiger partial charge in [-0.25, -0.2) is 0 Å². The molecule has 2 aromatic carbocycles. The van der Waals surface area contributed by atoms with Crippen molar-refractivity contribution in [2.45, 2.75) is 75.8 Å². The zero-order valence-electron chi connectivity index (χ0n) is 24.0. The molecule has 7 heteroatoms. The normalized spacial score (nSPS) is 25.9. The lowest BCUT2D eigenvalue weighted by atomic mass is 9.79. The van der Waals surface area contributed by atoms with E-state index < -0.39 is 0 Å². The minimum atomic E-state index is -0.0198. The average Bonchev–Trinajstić information content (AvgIpc) is 3.45. The zero-order valence-corrected chi connectivity index (χ0v) is 24.0. The first-order chi connectivity index (χ1) is 20.2. The summed E-state index contributed by atoms with van der Waals surface area (Å²) in [6.07, 6.45) is 11.2. The second-order valence-electron chi connectivity index (χ2n) is 12.7. The molecule has 2 aromatic heterocycles. The molecule has 0 saturated carbocycles. The van der Waals surface area contributed by atoms with E-state index in [0.717, 1.165) is 67.7 Å². The number of hydrogen-bond acceptors (Lipinski definition) is 7. The summed E-state index contributed by atoms with van der Waals surface area (Å²) in [5, 5.41) is 13.6. The van der Waals surface area contributed by atoms with Crippen molar-refractivity contribution in [1.82, 2.24) is 19.9 Å². The highest BCUT2D eigenvalue weighted by Gasteiger charge is 2.49. The van der Waals surface area contributed by atoms with Gasteiger partial charge in [-0.05, 0) is 61.4 Å². The van der Waals surface area contributed by atoms with Gasteiger partial charge in [0, 0.05) is 42.4 Å². The predicted molar refractivity (Wildman–Crippen MR) is 163 cm³/mol. The molecule has 1 N–H and O–H groups in total. The molecule has 3 saturated heterocycles. The van der Waals surface area contributed by atoms with E-state index in [0.29, 0.717) is 12.6 Å².